The van der Waals surface area contributed by atoms with Crippen molar-refractivity contribution in [2.75, 3.05) is 0 Å². The molecule has 0 radical (unpaired) electrons. The number of carboxylic acids is 1. The number of rotatable bonds is 6. The van der Waals surface area contributed by atoms with Gasteiger partial charge in [0.2, 0.25) is 5.89 Å². The quantitative estimate of drug-likeness (QED) is 0.513. The first-order chi connectivity index (χ1) is 14.0. The SMILES string of the molecule is Cc1cc(-c2nc3cnc(Oc4ccccc4F)nc3o2)ccc1CCC(=O)O. The minimum Gasteiger partial charge on any atom is -0.481 e. The van der Waals surface area contributed by atoms with Crippen LogP contribution in [-0.2, 0) is 11.2 Å². The summed E-state index contributed by atoms with van der Waals surface area (Å²) in [7, 11) is 0. The van der Waals surface area contributed by atoms with Crippen molar-refractivity contribution in [2.45, 2.75) is 19.8 Å². The van der Waals surface area contributed by atoms with Crippen LogP contribution in [0.25, 0.3) is 22.7 Å². The second-order valence-electron chi connectivity index (χ2n) is 6.43. The fourth-order valence-corrected chi connectivity index (χ4v) is 2.87. The van der Waals surface area contributed by atoms with Gasteiger partial charge in [-0.3, -0.25) is 4.79 Å². The van der Waals surface area contributed by atoms with E-state index in [-0.39, 0.29) is 23.9 Å². The summed E-state index contributed by atoms with van der Waals surface area (Å²) in [5, 5.41) is 8.84. The van der Waals surface area contributed by atoms with Crippen LogP contribution < -0.4 is 4.74 Å². The van der Waals surface area contributed by atoms with Crippen molar-refractivity contribution in [3.8, 4) is 23.2 Å². The molecule has 1 N–H and O–H groups in total. The highest BCUT2D eigenvalue weighted by atomic mass is 19.1. The molecule has 4 aromatic rings. The summed E-state index contributed by atoms with van der Waals surface area (Å²) in [6, 6.07) is 11.5. The summed E-state index contributed by atoms with van der Waals surface area (Å²) in [6.45, 7) is 1.91. The number of oxazole rings is 1. The lowest BCUT2D eigenvalue weighted by Crippen LogP contribution is -1.99. The molecule has 0 fully saturated rings. The van der Waals surface area contributed by atoms with Gasteiger partial charge >= 0.3 is 12.0 Å². The maximum Gasteiger partial charge on any atom is 0.325 e. The van der Waals surface area contributed by atoms with Crippen LogP contribution in [0, 0.1) is 12.7 Å². The molecule has 0 amide bonds. The van der Waals surface area contributed by atoms with Crippen LogP contribution >= 0.6 is 0 Å². The number of aromatic nitrogens is 3. The van der Waals surface area contributed by atoms with Crippen molar-refractivity contribution >= 4 is 17.2 Å². The molecule has 0 aliphatic rings. The fraction of sp³-hybridized carbons (Fsp3) is 0.143. The van der Waals surface area contributed by atoms with E-state index < -0.39 is 11.8 Å². The van der Waals surface area contributed by atoms with Gasteiger partial charge in [0.15, 0.2) is 11.6 Å². The third-order valence-corrected chi connectivity index (χ3v) is 4.36. The van der Waals surface area contributed by atoms with E-state index in [1.165, 1.54) is 18.3 Å². The number of carbonyl (C=O) groups is 1. The van der Waals surface area contributed by atoms with Crippen LogP contribution in [-0.4, -0.2) is 26.0 Å². The largest absolute Gasteiger partial charge is 0.481 e. The zero-order chi connectivity index (χ0) is 20.4. The van der Waals surface area contributed by atoms with E-state index in [4.69, 9.17) is 14.3 Å². The highest BCUT2D eigenvalue weighted by molar-refractivity contribution is 5.72. The maximum atomic E-state index is 13.7. The number of benzene rings is 2. The van der Waals surface area contributed by atoms with Crippen LogP contribution in [0.1, 0.15) is 17.5 Å². The lowest BCUT2D eigenvalue weighted by atomic mass is 10.0. The van der Waals surface area contributed by atoms with Crippen LogP contribution in [0.3, 0.4) is 0 Å². The van der Waals surface area contributed by atoms with Gasteiger partial charge in [-0.1, -0.05) is 18.2 Å². The van der Waals surface area contributed by atoms with Crippen LogP contribution in [0.2, 0.25) is 0 Å². The molecule has 2 heterocycles. The maximum absolute atomic E-state index is 13.7. The molecule has 0 saturated carbocycles. The Morgan fingerprint density at radius 2 is 2.03 bits per heavy atom. The van der Waals surface area contributed by atoms with E-state index in [0.717, 1.165) is 16.7 Å². The van der Waals surface area contributed by atoms with Crippen molar-refractivity contribution < 1.29 is 23.4 Å². The van der Waals surface area contributed by atoms with Gasteiger partial charge in [-0.25, -0.2) is 14.4 Å². The van der Waals surface area contributed by atoms with Crippen molar-refractivity contribution in [1.29, 1.82) is 0 Å². The molecule has 0 aliphatic heterocycles. The lowest BCUT2D eigenvalue weighted by molar-refractivity contribution is -0.136. The second kappa shape index (κ2) is 7.67. The minimum absolute atomic E-state index is 0.0131. The molecule has 7 nitrogen and oxygen atoms in total. The number of fused-ring (bicyclic) bond motifs is 1. The van der Waals surface area contributed by atoms with Crippen LogP contribution in [0.4, 0.5) is 4.39 Å². The average Bonchev–Trinajstić information content (AvgIpc) is 3.12. The predicted octanol–water partition coefficient (Wildman–Crippen LogP) is 4.54. The Kier molecular flexibility index (Phi) is 4.90. The number of nitrogens with zero attached hydrogens (tertiary/aromatic N) is 3. The van der Waals surface area contributed by atoms with Gasteiger partial charge in [0.05, 0.1) is 6.20 Å². The molecule has 8 heteroatoms. The number of hydrogen-bond acceptors (Lipinski definition) is 6. The first kappa shape index (κ1) is 18.5. The number of ether oxygens (including phenoxy) is 1. The highest BCUT2D eigenvalue weighted by Crippen LogP contribution is 2.27. The standard InChI is InChI=1S/C21H16FN3O4/c1-12-10-14(7-6-13(12)8-9-18(26)27)19-24-16-11-23-21(25-20(16)29-19)28-17-5-3-2-4-15(17)22/h2-7,10-11H,8-9H2,1H3,(H,26,27). The topological polar surface area (TPSA) is 98.3 Å². The first-order valence-electron chi connectivity index (χ1n) is 8.87. The molecule has 0 bridgehead atoms. The van der Waals surface area contributed by atoms with E-state index >= 15 is 0 Å². The third kappa shape index (κ3) is 4.06. The van der Waals surface area contributed by atoms with E-state index in [1.54, 1.807) is 12.1 Å². The Balaban J connectivity index is 1.60. The van der Waals surface area contributed by atoms with Gasteiger partial charge in [-0.15, -0.1) is 0 Å². The van der Waals surface area contributed by atoms with Crippen molar-refractivity contribution in [3.63, 3.8) is 0 Å². The Morgan fingerprint density at radius 1 is 1.21 bits per heavy atom. The number of para-hydroxylation sites is 1. The normalized spacial score (nSPS) is 11.0. The Labute approximate surface area is 164 Å². The molecule has 0 spiro atoms. The molecule has 146 valence electrons. The zero-order valence-corrected chi connectivity index (χ0v) is 15.4. The molecular formula is C21H16FN3O4. The monoisotopic (exact) mass is 393 g/mol. The molecule has 0 saturated heterocycles. The minimum atomic E-state index is -0.834. The van der Waals surface area contributed by atoms with Gasteiger partial charge in [0.25, 0.3) is 5.71 Å². The second-order valence-corrected chi connectivity index (χ2v) is 6.43. The van der Waals surface area contributed by atoms with E-state index in [1.807, 2.05) is 25.1 Å². The molecule has 0 unspecified atom stereocenters. The highest BCUT2D eigenvalue weighted by Gasteiger charge is 2.14. The summed E-state index contributed by atoms with van der Waals surface area (Å²) in [6.07, 6.45) is 1.97. The van der Waals surface area contributed by atoms with Gasteiger partial charge in [0, 0.05) is 12.0 Å². The average molecular weight is 393 g/mol. The van der Waals surface area contributed by atoms with Crippen molar-refractivity contribution in [3.05, 3.63) is 65.6 Å². The third-order valence-electron chi connectivity index (χ3n) is 4.36. The van der Waals surface area contributed by atoms with Crippen molar-refractivity contribution in [1.82, 2.24) is 15.0 Å². The molecule has 2 aromatic carbocycles. The fourth-order valence-electron chi connectivity index (χ4n) is 2.87. The Bertz CT molecular complexity index is 1210. The summed E-state index contributed by atoms with van der Waals surface area (Å²) in [4.78, 5) is 23.3. The summed E-state index contributed by atoms with van der Waals surface area (Å²) >= 11 is 0. The van der Waals surface area contributed by atoms with Gasteiger partial charge in [-0.2, -0.15) is 4.98 Å². The van der Waals surface area contributed by atoms with Gasteiger partial charge in [-0.05, 0) is 48.7 Å². The lowest BCUT2D eigenvalue weighted by Gasteiger charge is -2.05. The van der Waals surface area contributed by atoms with Crippen LogP contribution in [0.15, 0.2) is 53.1 Å². The summed E-state index contributed by atoms with van der Waals surface area (Å²) in [5.74, 6) is -0.989. The van der Waals surface area contributed by atoms with Gasteiger partial charge < -0.3 is 14.3 Å². The molecule has 4 rings (SSSR count). The molecule has 29 heavy (non-hydrogen) atoms. The van der Waals surface area contributed by atoms with Crippen LogP contribution in [0.5, 0.6) is 11.8 Å². The Hall–Kier alpha value is -3.81. The zero-order valence-electron chi connectivity index (χ0n) is 15.4. The van der Waals surface area contributed by atoms with Crippen molar-refractivity contribution in [2.24, 2.45) is 0 Å². The van der Waals surface area contributed by atoms with E-state index in [2.05, 4.69) is 15.0 Å². The summed E-state index contributed by atoms with van der Waals surface area (Å²) in [5.41, 5.74) is 3.28. The molecule has 0 aliphatic carbocycles. The van der Waals surface area contributed by atoms with Gasteiger partial charge in [0.1, 0.15) is 5.52 Å². The first-order valence-corrected chi connectivity index (χ1v) is 8.87. The molecule has 2 aromatic heterocycles. The number of carboxylic acid groups (broad SMARTS) is 1. The molecule has 0 atom stereocenters. The van der Waals surface area contributed by atoms with E-state index in [9.17, 15) is 9.18 Å². The summed E-state index contributed by atoms with van der Waals surface area (Å²) < 4.78 is 24.8. The number of aryl methyl sites for hydroxylation is 2. The Morgan fingerprint density at radius 3 is 2.79 bits per heavy atom. The molecular weight excluding hydrogens is 377 g/mol. The smallest absolute Gasteiger partial charge is 0.325 e. The number of halogens is 1. The number of aliphatic carboxylic acids is 1. The number of hydrogen-bond donors (Lipinski definition) is 1. The van der Waals surface area contributed by atoms with E-state index in [0.29, 0.717) is 17.8 Å². The predicted molar refractivity (Wildman–Crippen MR) is 102 cm³/mol.